The first-order valence-corrected chi connectivity index (χ1v) is 8.11. The third-order valence-corrected chi connectivity index (χ3v) is 4.68. The number of pyridine rings is 1. The van der Waals surface area contributed by atoms with Crippen LogP contribution in [0.1, 0.15) is 5.76 Å². The van der Waals surface area contributed by atoms with Gasteiger partial charge in [-0.3, -0.25) is 19.9 Å². The number of carbonyl (C=O) groups is 2. The van der Waals surface area contributed by atoms with Crippen LogP contribution in [-0.4, -0.2) is 16.1 Å². The van der Waals surface area contributed by atoms with Gasteiger partial charge < -0.3 is 4.42 Å². The number of aromatic nitrogens is 1. The highest BCUT2D eigenvalue weighted by atomic mass is 32.2. The van der Waals surface area contributed by atoms with Crippen molar-refractivity contribution in [3.05, 3.63) is 46.0 Å². The van der Waals surface area contributed by atoms with E-state index in [0.29, 0.717) is 10.7 Å². The molecule has 2 amide bonds. The van der Waals surface area contributed by atoms with Gasteiger partial charge in [0.2, 0.25) is 0 Å². The average Bonchev–Trinajstić information content (AvgIpc) is 3.19. The van der Waals surface area contributed by atoms with Gasteiger partial charge in [0.05, 0.1) is 4.91 Å². The van der Waals surface area contributed by atoms with Gasteiger partial charge in [0.25, 0.3) is 11.1 Å². The van der Waals surface area contributed by atoms with E-state index in [4.69, 9.17) is 4.42 Å². The van der Waals surface area contributed by atoms with E-state index in [1.54, 1.807) is 29.8 Å². The second-order valence-corrected chi connectivity index (χ2v) is 6.41. The van der Waals surface area contributed by atoms with Gasteiger partial charge in [0, 0.05) is 29.4 Å². The summed E-state index contributed by atoms with van der Waals surface area (Å²) in [6, 6.07) is 3.81. The molecule has 22 heavy (non-hydrogen) atoms. The number of imide groups is 1. The van der Waals surface area contributed by atoms with Crippen molar-refractivity contribution in [2.45, 2.75) is 0 Å². The predicted molar refractivity (Wildman–Crippen MR) is 86.4 cm³/mol. The highest BCUT2D eigenvalue weighted by Gasteiger charge is 2.25. The molecule has 0 atom stereocenters. The Morgan fingerprint density at radius 1 is 1.27 bits per heavy atom. The SMILES string of the molecule is O=C1NC(=O)/C(=C\c2cc3cncc(-c4ccsc4)c3o2)S1. The number of thiophene rings is 1. The minimum absolute atomic E-state index is 0.328. The van der Waals surface area contributed by atoms with Crippen molar-refractivity contribution in [1.29, 1.82) is 0 Å². The molecule has 7 heteroatoms. The van der Waals surface area contributed by atoms with Crippen molar-refractivity contribution in [3.8, 4) is 11.1 Å². The van der Waals surface area contributed by atoms with E-state index in [9.17, 15) is 9.59 Å². The fourth-order valence-electron chi connectivity index (χ4n) is 2.23. The Kier molecular flexibility index (Phi) is 3.09. The highest BCUT2D eigenvalue weighted by Crippen LogP contribution is 2.33. The van der Waals surface area contributed by atoms with Crippen LogP contribution in [-0.2, 0) is 4.79 Å². The molecule has 0 aliphatic carbocycles. The lowest BCUT2D eigenvalue weighted by Gasteiger charge is -1.97. The molecule has 1 N–H and O–H groups in total. The van der Waals surface area contributed by atoms with E-state index in [1.807, 2.05) is 22.9 Å². The fourth-order valence-corrected chi connectivity index (χ4v) is 3.55. The van der Waals surface area contributed by atoms with Gasteiger partial charge in [0.1, 0.15) is 11.3 Å². The van der Waals surface area contributed by atoms with Crippen LogP contribution in [0.3, 0.4) is 0 Å². The van der Waals surface area contributed by atoms with Crippen LogP contribution >= 0.6 is 23.1 Å². The maximum Gasteiger partial charge on any atom is 0.290 e. The Balaban J connectivity index is 1.82. The maximum absolute atomic E-state index is 11.6. The summed E-state index contributed by atoms with van der Waals surface area (Å²) in [4.78, 5) is 27.3. The van der Waals surface area contributed by atoms with Crippen LogP contribution in [0, 0.1) is 0 Å². The van der Waals surface area contributed by atoms with Crippen molar-refractivity contribution in [3.63, 3.8) is 0 Å². The number of carbonyl (C=O) groups excluding carboxylic acids is 2. The summed E-state index contributed by atoms with van der Waals surface area (Å²) in [6.07, 6.45) is 5.04. The summed E-state index contributed by atoms with van der Waals surface area (Å²) < 4.78 is 5.85. The minimum atomic E-state index is -0.397. The van der Waals surface area contributed by atoms with Crippen LogP contribution in [0.15, 0.2) is 44.6 Å². The van der Waals surface area contributed by atoms with Crippen LogP contribution in [0.25, 0.3) is 28.2 Å². The molecule has 4 rings (SSSR count). The Bertz CT molecular complexity index is 926. The van der Waals surface area contributed by atoms with Crippen LogP contribution < -0.4 is 5.32 Å². The topological polar surface area (TPSA) is 72.2 Å². The van der Waals surface area contributed by atoms with Crippen molar-refractivity contribution >= 4 is 51.3 Å². The van der Waals surface area contributed by atoms with Crippen LogP contribution in [0.4, 0.5) is 4.79 Å². The number of thioether (sulfide) groups is 1. The minimum Gasteiger partial charge on any atom is -0.456 e. The zero-order valence-corrected chi connectivity index (χ0v) is 12.7. The molecular weight excluding hydrogens is 320 g/mol. The standard InChI is InChI=1S/C15H8N2O3S2/c18-14-12(22-15(19)17-14)4-10-3-9-5-16-6-11(13(9)20-10)8-1-2-21-7-8/h1-7H,(H,17,18,19)/b12-4+. The van der Waals surface area contributed by atoms with Crippen molar-refractivity contribution in [2.24, 2.45) is 0 Å². The van der Waals surface area contributed by atoms with Gasteiger partial charge in [0.15, 0.2) is 0 Å². The molecule has 0 unspecified atom stereocenters. The first kappa shape index (κ1) is 13.3. The van der Waals surface area contributed by atoms with Crippen molar-refractivity contribution in [2.75, 3.05) is 0 Å². The van der Waals surface area contributed by atoms with Crippen LogP contribution in [0.5, 0.6) is 0 Å². The number of hydrogen-bond acceptors (Lipinski definition) is 6. The van der Waals surface area contributed by atoms with Gasteiger partial charge in [-0.15, -0.1) is 0 Å². The number of nitrogens with one attached hydrogen (secondary N) is 1. The van der Waals surface area contributed by atoms with Crippen molar-refractivity contribution in [1.82, 2.24) is 10.3 Å². The zero-order valence-electron chi connectivity index (χ0n) is 11.0. The van der Waals surface area contributed by atoms with E-state index in [-0.39, 0.29) is 5.24 Å². The molecule has 1 saturated heterocycles. The number of amides is 2. The Labute approximate surface area is 133 Å². The lowest BCUT2D eigenvalue weighted by atomic mass is 10.1. The molecule has 5 nitrogen and oxygen atoms in total. The molecule has 0 spiro atoms. The first-order valence-electron chi connectivity index (χ1n) is 6.36. The summed E-state index contributed by atoms with van der Waals surface area (Å²) in [5, 5.41) is 6.72. The first-order chi connectivity index (χ1) is 10.7. The number of rotatable bonds is 2. The Hall–Kier alpha value is -2.38. The summed E-state index contributed by atoms with van der Waals surface area (Å²) in [6.45, 7) is 0. The molecule has 1 fully saturated rings. The predicted octanol–water partition coefficient (Wildman–Crippen LogP) is 3.88. The number of nitrogens with zero attached hydrogens (tertiary/aromatic N) is 1. The Morgan fingerprint density at radius 3 is 2.91 bits per heavy atom. The third kappa shape index (κ3) is 2.24. The summed E-state index contributed by atoms with van der Waals surface area (Å²) >= 11 is 2.47. The van der Waals surface area contributed by atoms with E-state index >= 15 is 0 Å². The van der Waals surface area contributed by atoms with Gasteiger partial charge in [-0.1, -0.05) is 0 Å². The van der Waals surface area contributed by atoms with Gasteiger partial charge in [-0.2, -0.15) is 11.3 Å². The monoisotopic (exact) mass is 328 g/mol. The molecule has 0 aromatic carbocycles. The van der Waals surface area contributed by atoms with E-state index < -0.39 is 5.91 Å². The van der Waals surface area contributed by atoms with Crippen molar-refractivity contribution < 1.29 is 14.0 Å². The summed E-state index contributed by atoms with van der Waals surface area (Å²) in [5.41, 5.74) is 2.66. The van der Waals surface area contributed by atoms with Gasteiger partial charge in [-0.05, 0) is 40.2 Å². The molecule has 0 saturated carbocycles. The number of hydrogen-bond donors (Lipinski definition) is 1. The number of fused-ring (bicyclic) bond motifs is 1. The molecule has 1 aliphatic rings. The van der Waals surface area contributed by atoms with Gasteiger partial charge >= 0.3 is 0 Å². The second kappa shape index (κ2) is 5.11. The highest BCUT2D eigenvalue weighted by molar-refractivity contribution is 8.18. The molecular formula is C15H8N2O3S2. The average molecular weight is 328 g/mol. The second-order valence-electron chi connectivity index (χ2n) is 4.62. The molecule has 3 aromatic rings. The summed E-state index contributed by atoms with van der Waals surface area (Å²) in [7, 11) is 0. The summed E-state index contributed by atoms with van der Waals surface area (Å²) in [5.74, 6) is 0.124. The largest absolute Gasteiger partial charge is 0.456 e. The quantitative estimate of drug-likeness (QED) is 0.723. The molecule has 4 heterocycles. The zero-order chi connectivity index (χ0) is 15.1. The van der Waals surface area contributed by atoms with Crippen LogP contribution in [0.2, 0.25) is 0 Å². The molecule has 0 radical (unpaired) electrons. The molecule has 0 bridgehead atoms. The molecule has 3 aromatic heterocycles. The lowest BCUT2D eigenvalue weighted by Crippen LogP contribution is -2.17. The molecule has 108 valence electrons. The third-order valence-electron chi connectivity index (χ3n) is 3.19. The smallest absolute Gasteiger partial charge is 0.290 e. The number of furan rings is 1. The maximum atomic E-state index is 11.6. The Morgan fingerprint density at radius 2 is 2.18 bits per heavy atom. The van der Waals surface area contributed by atoms with E-state index in [0.717, 1.165) is 33.9 Å². The van der Waals surface area contributed by atoms with Gasteiger partial charge in [-0.25, -0.2) is 0 Å². The van der Waals surface area contributed by atoms with E-state index in [2.05, 4.69) is 10.3 Å². The fraction of sp³-hybridized carbons (Fsp3) is 0. The normalized spacial score (nSPS) is 16.6. The lowest BCUT2D eigenvalue weighted by molar-refractivity contribution is -0.115. The van der Waals surface area contributed by atoms with E-state index in [1.165, 1.54) is 0 Å². The molecule has 1 aliphatic heterocycles.